The van der Waals surface area contributed by atoms with E-state index >= 15 is 0 Å². The van der Waals surface area contributed by atoms with E-state index in [0.29, 0.717) is 0 Å². The maximum atomic E-state index is 4.68. The average molecular weight is 287 g/mol. The Balaban J connectivity index is 1.63. The van der Waals surface area contributed by atoms with Crippen LogP contribution in [0.4, 0.5) is 5.82 Å². The van der Waals surface area contributed by atoms with Crippen molar-refractivity contribution in [2.45, 2.75) is 38.3 Å². The molecule has 4 heterocycles. The summed E-state index contributed by atoms with van der Waals surface area (Å²) in [6.45, 7) is 6.95. The van der Waals surface area contributed by atoms with Crippen LogP contribution in [0.5, 0.6) is 0 Å². The molecule has 4 rings (SSSR count). The molecule has 0 spiro atoms. The van der Waals surface area contributed by atoms with Crippen molar-refractivity contribution in [1.82, 2.24) is 19.8 Å². The minimum Gasteiger partial charge on any atom is -0.355 e. The van der Waals surface area contributed by atoms with Crippen LogP contribution in [0, 0.1) is 0 Å². The third-order valence-corrected chi connectivity index (χ3v) is 5.27. The molecule has 5 nitrogen and oxygen atoms in total. The molecule has 1 atom stereocenters. The number of likely N-dealkylation sites (N-methyl/N-ethyl adjacent to an activating group) is 1. The van der Waals surface area contributed by atoms with Crippen molar-refractivity contribution in [1.29, 1.82) is 0 Å². The molecule has 1 aromatic rings. The summed E-state index contributed by atoms with van der Waals surface area (Å²) in [6.07, 6.45) is 6.81. The molecule has 0 aliphatic carbocycles. The average Bonchev–Trinajstić information content (AvgIpc) is 2.84. The van der Waals surface area contributed by atoms with Crippen molar-refractivity contribution in [3.05, 3.63) is 17.6 Å². The highest BCUT2D eigenvalue weighted by atomic mass is 15.3. The van der Waals surface area contributed by atoms with E-state index in [1.165, 1.54) is 49.4 Å². The number of hydrogen-bond acceptors (Lipinski definition) is 5. The molecular formula is C16H25N5. The van der Waals surface area contributed by atoms with Gasteiger partial charge in [0.05, 0.1) is 5.69 Å². The van der Waals surface area contributed by atoms with Crippen molar-refractivity contribution in [3.8, 4) is 0 Å². The van der Waals surface area contributed by atoms with Crippen LogP contribution in [0.25, 0.3) is 0 Å². The number of nitrogens with zero attached hydrogens (tertiary/aromatic N) is 5. The lowest BCUT2D eigenvalue weighted by molar-refractivity contribution is 0.272. The van der Waals surface area contributed by atoms with Crippen LogP contribution < -0.4 is 4.90 Å². The predicted octanol–water partition coefficient (Wildman–Crippen LogP) is 1.14. The Hall–Kier alpha value is -1.20. The number of fused-ring (bicyclic) bond motifs is 2. The summed E-state index contributed by atoms with van der Waals surface area (Å²) in [6, 6.07) is 0.736. The molecule has 0 saturated carbocycles. The number of hydrogen-bond donors (Lipinski definition) is 0. The van der Waals surface area contributed by atoms with E-state index < -0.39 is 0 Å². The first-order valence-electron chi connectivity index (χ1n) is 8.31. The molecule has 0 unspecified atom stereocenters. The van der Waals surface area contributed by atoms with Gasteiger partial charge in [0, 0.05) is 50.7 Å². The van der Waals surface area contributed by atoms with Crippen molar-refractivity contribution < 1.29 is 0 Å². The molecule has 3 aliphatic heterocycles. The maximum Gasteiger partial charge on any atom is 0.136 e. The van der Waals surface area contributed by atoms with Gasteiger partial charge in [-0.25, -0.2) is 9.97 Å². The first-order chi connectivity index (χ1) is 10.3. The largest absolute Gasteiger partial charge is 0.355 e. The fourth-order valence-electron chi connectivity index (χ4n) is 4.13. The lowest BCUT2D eigenvalue weighted by Crippen LogP contribution is -2.38. The number of rotatable bonds is 1. The zero-order chi connectivity index (χ0) is 14.2. The Morgan fingerprint density at radius 3 is 2.95 bits per heavy atom. The minimum absolute atomic E-state index is 0.736. The van der Waals surface area contributed by atoms with Crippen LogP contribution in [-0.4, -0.2) is 65.6 Å². The van der Waals surface area contributed by atoms with E-state index in [0.717, 1.165) is 38.6 Å². The summed E-state index contributed by atoms with van der Waals surface area (Å²) in [4.78, 5) is 16.8. The van der Waals surface area contributed by atoms with Gasteiger partial charge < -0.3 is 9.80 Å². The molecule has 0 amide bonds. The second kappa shape index (κ2) is 5.54. The van der Waals surface area contributed by atoms with Crippen molar-refractivity contribution in [3.63, 3.8) is 0 Å². The summed E-state index contributed by atoms with van der Waals surface area (Å²) in [7, 11) is 2.20. The van der Waals surface area contributed by atoms with E-state index in [-0.39, 0.29) is 0 Å². The normalized spacial score (nSPS) is 27.3. The highest BCUT2D eigenvalue weighted by molar-refractivity contribution is 5.50. The number of anilines is 1. The number of aromatic nitrogens is 2. The van der Waals surface area contributed by atoms with E-state index in [9.17, 15) is 0 Å². The van der Waals surface area contributed by atoms with Crippen molar-refractivity contribution >= 4 is 5.82 Å². The Labute approximate surface area is 127 Å². The second-order valence-corrected chi connectivity index (χ2v) is 6.74. The topological polar surface area (TPSA) is 35.5 Å². The molecule has 0 bridgehead atoms. The zero-order valence-electron chi connectivity index (χ0n) is 13.0. The van der Waals surface area contributed by atoms with Crippen LogP contribution in [0.15, 0.2) is 6.33 Å². The molecule has 114 valence electrons. The van der Waals surface area contributed by atoms with Gasteiger partial charge >= 0.3 is 0 Å². The van der Waals surface area contributed by atoms with Gasteiger partial charge in [0.25, 0.3) is 0 Å². The van der Waals surface area contributed by atoms with E-state index in [1.54, 1.807) is 6.33 Å². The second-order valence-electron chi connectivity index (χ2n) is 6.74. The molecule has 0 radical (unpaired) electrons. The molecule has 1 aromatic heterocycles. The lowest BCUT2D eigenvalue weighted by atomic mass is 10.1. The monoisotopic (exact) mass is 287 g/mol. The fourth-order valence-corrected chi connectivity index (χ4v) is 4.13. The highest BCUT2D eigenvalue weighted by Crippen LogP contribution is 2.29. The quantitative estimate of drug-likeness (QED) is 0.774. The van der Waals surface area contributed by atoms with Crippen LogP contribution in [0.3, 0.4) is 0 Å². The van der Waals surface area contributed by atoms with Crippen LogP contribution in [0.2, 0.25) is 0 Å². The van der Waals surface area contributed by atoms with Gasteiger partial charge in [0.15, 0.2) is 0 Å². The molecule has 0 aromatic carbocycles. The maximum absolute atomic E-state index is 4.68. The Morgan fingerprint density at radius 2 is 2.00 bits per heavy atom. The van der Waals surface area contributed by atoms with Gasteiger partial charge in [-0.1, -0.05) is 0 Å². The summed E-state index contributed by atoms with van der Waals surface area (Å²) >= 11 is 0. The molecular weight excluding hydrogens is 262 g/mol. The summed E-state index contributed by atoms with van der Waals surface area (Å²) < 4.78 is 0. The molecule has 5 heteroatoms. The summed E-state index contributed by atoms with van der Waals surface area (Å²) in [5.74, 6) is 1.21. The van der Waals surface area contributed by atoms with E-state index in [2.05, 4.69) is 31.7 Å². The molecule has 21 heavy (non-hydrogen) atoms. The van der Waals surface area contributed by atoms with Crippen LogP contribution >= 0.6 is 0 Å². The van der Waals surface area contributed by atoms with Crippen molar-refractivity contribution in [2.75, 3.05) is 44.7 Å². The van der Waals surface area contributed by atoms with Gasteiger partial charge in [0.2, 0.25) is 0 Å². The molecule has 2 saturated heterocycles. The summed E-state index contributed by atoms with van der Waals surface area (Å²) in [5.41, 5.74) is 2.64. The van der Waals surface area contributed by atoms with Gasteiger partial charge in [-0.15, -0.1) is 0 Å². The third-order valence-electron chi connectivity index (χ3n) is 5.27. The third kappa shape index (κ3) is 2.53. The van der Waals surface area contributed by atoms with E-state index in [1.807, 2.05) is 0 Å². The smallest absolute Gasteiger partial charge is 0.136 e. The zero-order valence-corrected chi connectivity index (χ0v) is 13.0. The molecule has 0 N–H and O–H groups in total. The first kappa shape index (κ1) is 13.5. The molecule has 3 aliphatic rings. The Bertz CT molecular complexity index is 517. The SMILES string of the molecule is CN1CCc2ncnc(N3CCCN4CCC[C@H]4C3)c2C1. The van der Waals surface area contributed by atoms with Gasteiger partial charge in [0.1, 0.15) is 12.1 Å². The first-order valence-corrected chi connectivity index (χ1v) is 8.31. The predicted molar refractivity (Wildman–Crippen MR) is 83.5 cm³/mol. The Morgan fingerprint density at radius 1 is 1.10 bits per heavy atom. The standard InChI is InChI=1S/C16H25N5/c1-19-9-5-15-14(11-19)16(18-12-17-15)21-8-3-7-20-6-2-4-13(20)10-21/h12-13H,2-11H2,1H3/t13-/m0/s1. The van der Waals surface area contributed by atoms with Gasteiger partial charge in [-0.2, -0.15) is 0 Å². The van der Waals surface area contributed by atoms with Gasteiger partial charge in [-0.05, 0) is 32.9 Å². The van der Waals surface area contributed by atoms with Crippen LogP contribution in [-0.2, 0) is 13.0 Å². The highest BCUT2D eigenvalue weighted by Gasteiger charge is 2.31. The fraction of sp³-hybridized carbons (Fsp3) is 0.750. The minimum atomic E-state index is 0.736. The molecule has 2 fully saturated rings. The summed E-state index contributed by atoms with van der Waals surface area (Å²) in [5, 5.41) is 0. The van der Waals surface area contributed by atoms with Crippen LogP contribution in [0.1, 0.15) is 30.5 Å². The Kier molecular flexibility index (Phi) is 3.55. The van der Waals surface area contributed by atoms with Crippen molar-refractivity contribution in [2.24, 2.45) is 0 Å². The van der Waals surface area contributed by atoms with Gasteiger partial charge in [-0.3, -0.25) is 4.90 Å². The lowest BCUT2D eigenvalue weighted by Gasteiger charge is -2.31. The van der Waals surface area contributed by atoms with E-state index in [4.69, 9.17) is 0 Å².